The molecule has 3 N–H and O–H groups in total. The van der Waals surface area contributed by atoms with E-state index in [9.17, 15) is 4.39 Å². The molecule has 1 aromatic carbocycles. The van der Waals surface area contributed by atoms with Gasteiger partial charge in [0.2, 0.25) is 5.97 Å². The second-order valence-electron chi connectivity index (χ2n) is 5.75. The first kappa shape index (κ1) is 16.7. The van der Waals surface area contributed by atoms with Gasteiger partial charge in [-0.15, -0.1) is 0 Å². The smallest absolute Gasteiger partial charge is 0.309 e. The highest BCUT2D eigenvalue weighted by atomic mass is 19.1. The highest BCUT2D eigenvalue weighted by Gasteiger charge is 2.37. The summed E-state index contributed by atoms with van der Waals surface area (Å²) in [6.45, 7) is 7.76. The topological polar surface area (TPSA) is 68.3 Å². The molecule has 0 bridgehead atoms. The van der Waals surface area contributed by atoms with E-state index in [1.807, 2.05) is 27.7 Å². The Balaban J connectivity index is 2.86. The Hall–Kier alpha value is -1.40. The molecule has 1 rings (SSSR count). The van der Waals surface area contributed by atoms with Crippen molar-refractivity contribution in [3.63, 3.8) is 0 Å². The Morgan fingerprint density at radius 2 is 1.85 bits per heavy atom. The van der Waals surface area contributed by atoms with Gasteiger partial charge in [0.05, 0.1) is 16.8 Å². The molecular weight excluding hydrogens is 258 g/mol. The first-order chi connectivity index (χ1) is 9.10. The normalized spacial score (nSPS) is 12.3. The Kier molecular flexibility index (Phi) is 4.94. The van der Waals surface area contributed by atoms with Crippen molar-refractivity contribution in [2.45, 2.75) is 38.9 Å². The van der Waals surface area contributed by atoms with Gasteiger partial charge in [0, 0.05) is 12.8 Å². The van der Waals surface area contributed by atoms with Crippen LogP contribution in [0.3, 0.4) is 0 Å². The fraction of sp³-hybridized carbons (Fsp3) is 0.500. The second-order valence-corrected chi connectivity index (χ2v) is 5.75. The lowest BCUT2D eigenvalue weighted by Crippen LogP contribution is -2.50. The van der Waals surface area contributed by atoms with Crippen molar-refractivity contribution < 1.29 is 13.8 Å². The number of hydrogen-bond donors (Lipinski definition) is 2. The Labute approximate surface area is 120 Å². The van der Waals surface area contributed by atoms with Crippen LogP contribution in [0.5, 0.6) is 0 Å². The molecule has 0 atom stereocenters. The number of ether oxygens (including phenoxy) is 1. The number of nitrogen functional groups attached to an aromatic ring is 1. The quantitative estimate of drug-likeness (QED) is 0.474. The van der Waals surface area contributed by atoms with Gasteiger partial charge >= 0.3 is 7.48 Å². The van der Waals surface area contributed by atoms with Crippen LogP contribution in [0.4, 0.5) is 10.1 Å². The summed E-state index contributed by atoms with van der Waals surface area (Å²) in [6, 6.07) is 4.88. The van der Waals surface area contributed by atoms with Crippen molar-refractivity contribution in [3.8, 4) is 0 Å². The first-order valence-electron chi connectivity index (χ1n) is 6.42. The van der Waals surface area contributed by atoms with Crippen molar-refractivity contribution >= 4 is 24.6 Å². The third-order valence-electron chi connectivity index (χ3n) is 3.91. The zero-order valence-corrected chi connectivity index (χ0v) is 12.7. The first-order valence-corrected chi connectivity index (χ1v) is 6.42. The minimum atomic E-state index is -1.04. The Morgan fingerprint density at radius 3 is 2.35 bits per heavy atom. The summed E-state index contributed by atoms with van der Waals surface area (Å²) in [4.78, 5) is 0. The van der Waals surface area contributed by atoms with Gasteiger partial charge in [-0.3, -0.25) is 5.41 Å². The average molecular weight is 280 g/mol. The number of anilines is 1. The van der Waals surface area contributed by atoms with Crippen molar-refractivity contribution in [1.29, 1.82) is 5.41 Å². The lowest BCUT2D eigenvalue weighted by atomic mass is 9.82. The molecule has 0 aliphatic rings. The van der Waals surface area contributed by atoms with Gasteiger partial charge in [-0.2, -0.15) is 4.39 Å². The van der Waals surface area contributed by atoms with Gasteiger partial charge < -0.3 is 15.1 Å². The van der Waals surface area contributed by atoms with E-state index in [2.05, 4.69) is 0 Å². The zero-order valence-electron chi connectivity index (χ0n) is 12.7. The SMILES string of the molecule is COC(C)(C)C(C)(C)OBc1ccc(N)c(C(=N)F)c1. The molecule has 0 fully saturated rings. The van der Waals surface area contributed by atoms with E-state index in [1.54, 1.807) is 19.2 Å². The van der Waals surface area contributed by atoms with Gasteiger partial charge in [0.15, 0.2) is 0 Å². The Morgan fingerprint density at radius 1 is 1.25 bits per heavy atom. The summed E-state index contributed by atoms with van der Waals surface area (Å²) in [5, 5.41) is 7.05. The number of methoxy groups -OCH3 is 1. The molecular formula is C14H22BFN2O2. The summed E-state index contributed by atoms with van der Waals surface area (Å²) in [5.41, 5.74) is 5.74. The maximum atomic E-state index is 13.0. The van der Waals surface area contributed by atoms with Crippen molar-refractivity contribution in [2.24, 2.45) is 0 Å². The number of benzene rings is 1. The van der Waals surface area contributed by atoms with Crippen LogP contribution in [-0.2, 0) is 9.39 Å². The van der Waals surface area contributed by atoms with Crippen LogP contribution in [0.15, 0.2) is 18.2 Å². The van der Waals surface area contributed by atoms with Crippen molar-refractivity contribution in [3.05, 3.63) is 23.8 Å². The molecule has 0 radical (unpaired) electrons. The van der Waals surface area contributed by atoms with E-state index >= 15 is 0 Å². The molecule has 0 aliphatic carbocycles. The van der Waals surface area contributed by atoms with E-state index in [0.29, 0.717) is 7.48 Å². The summed E-state index contributed by atoms with van der Waals surface area (Å²) in [7, 11) is 1.93. The van der Waals surface area contributed by atoms with Gasteiger partial charge in [0.25, 0.3) is 0 Å². The molecule has 6 heteroatoms. The molecule has 0 aromatic heterocycles. The molecule has 4 nitrogen and oxygen atoms in total. The molecule has 0 unspecified atom stereocenters. The summed E-state index contributed by atoms with van der Waals surface area (Å²) >= 11 is 0. The average Bonchev–Trinajstić information content (AvgIpc) is 2.37. The van der Waals surface area contributed by atoms with Crippen molar-refractivity contribution in [1.82, 2.24) is 0 Å². The lowest BCUT2D eigenvalue weighted by molar-refractivity contribution is -0.114. The molecule has 0 saturated carbocycles. The van der Waals surface area contributed by atoms with Gasteiger partial charge in [-0.05, 0) is 33.8 Å². The Bertz CT molecular complexity index is 504. The van der Waals surface area contributed by atoms with Crippen LogP contribution in [0.2, 0.25) is 0 Å². The van der Waals surface area contributed by atoms with Crippen LogP contribution < -0.4 is 11.2 Å². The second kappa shape index (κ2) is 5.93. The van der Waals surface area contributed by atoms with Gasteiger partial charge in [-0.25, -0.2) is 0 Å². The van der Waals surface area contributed by atoms with E-state index in [4.69, 9.17) is 20.5 Å². The fourth-order valence-corrected chi connectivity index (χ4v) is 1.57. The number of rotatable bonds is 6. The van der Waals surface area contributed by atoms with Crippen LogP contribution in [0, 0.1) is 5.41 Å². The minimum Gasteiger partial charge on any atom is -0.427 e. The van der Waals surface area contributed by atoms with E-state index in [-0.39, 0.29) is 11.3 Å². The predicted molar refractivity (Wildman–Crippen MR) is 81.8 cm³/mol. The molecule has 0 aliphatic heterocycles. The number of nitrogens with one attached hydrogen (secondary N) is 1. The maximum Gasteiger partial charge on any atom is 0.309 e. The van der Waals surface area contributed by atoms with Crippen LogP contribution >= 0.6 is 0 Å². The largest absolute Gasteiger partial charge is 0.427 e. The molecule has 0 spiro atoms. The number of hydrogen-bond acceptors (Lipinski definition) is 4. The molecule has 110 valence electrons. The van der Waals surface area contributed by atoms with Gasteiger partial charge in [0.1, 0.15) is 0 Å². The van der Waals surface area contributed by atoms with Crippen LogP contribution in [0.25, 0.3) is 0 Å². The zero-order chi connectivity index (χ0) is 15.6. The molecule has 1 aromatic rings. The van der Waals surface area contributed by atoms with E-state index < -0.39 is 17.2 Å². The summed E-state index contributed by atoms with van der Waals surface area (Å²) in [5.74, 6) is -1.04. The minimum absolute atomic E-state index is 0.0925. The third-order valence-corrected chi connectivity index (χ3v) is 3.91. The highest BCUT2D eigenvalue weighted by Crippen LogP contribution is 2.27. The van der Waals surface area contributed by atoms with E-state index in [0.717, 1.165) is 5.46 Å². The van der Waals surface area contributed by atoms with Crippen LogP contribution in [-0.4, -0.2) is 31.8 Å². The molecule has 0 amide bonds. The summed E-state index contributed by atoms with van der Waals surface area (Å²) < 4.78 is 24.4. The fourth-order valence-electron chi connectivity index (χ4n) is 1.57. The molecule has 0 heterocycles. The number of nitrogens with two attached hydrogens (primary N) is 1. The van der Waals surface area contributed by atoms with E-state index in [1.165, 1.54) is 6.07 Å². The summed E-state index contributed by atoms with van der Waals surface area (Å²) in [6.07, 6.45) is 0. The van der Waals surface area contributed by atoms with Gasteiger partial charge in [-0.1, -0.05) is 17.6 Å². The maximum absolute atomic E-state index is 13.0. The van der Waals surface area contributed by atoms with Crippen molar-refractivity contribution in [2.75, 3.05) is 12.8 Å². The molecule has 20 heavy (non-hydrogen) atoms. The lowest BCUT2D eigenvalue weighted by Gasteiger charge is -2.40. The monoisotopic (exact) mass is 280 g/mol. The predicted octanol–water partition coefficient (Wildman–Crippen LogP) is 1.76. The molecule has 0 saturated heterocycles. The highest BCUT2D eigenvalue weighted by molar-refractivity contribution is 6.47. The number of halogens is 1. The third kappa shape index (κ3) is 3.58. The standard InChI is InChI=1S/C14H22BFN2O2/c1-13(2,19-5)14(3,4)20-15-9-6-7-11(17)10(8-9)12(16)18/h6-8,15,18H,17H2,1-5H3. The van der Waals surface area contributed by atoms with Crippen LogP contribution in [0.1, 0.15) is 33.3 Å².